The van der Waals surface area contributed by atoms with E-state index in [4.69, 9.17) is 0 Å². The SMILES string of the molecule is Cc1ccccc1NC(=O)CCNC(=O)C(Br)C(C)(C)C. The smallest absolute Gasteiger partial charge is 0.234 e. The molecule has 1 unspecified atom stereocenters. The van der Waals surface area contributed by atoms with E-state index in [0.717, 1.165) is 11.3 Å². The number of alkyl halides is 1. The summed E-state index contributed by atoms with van der Waals surface area (Å²) in [6.45, 7) is 8.22. The molecule has 0 bridgehead atoms. The number of benzene rings is 1. The lowest BCUT2D eigenvalue weighted by molar-refractivity contribution is -0.122. The van der Waals surface area contributed by atoms with Crippen LogP contribution in [0.2, 0.25) is 0 Å². The maximum absolute atomic E-state index is 11.9. The predicted octanol–water partition coefficient (Wildman–Crippen LogP) is 3.25. The van der Waals surface area contributed by atoms with E-state index in [1.165, 1.54) is 0 Å². The number of carbonyl (C=O) groups excluding carboxylic acids is 2. The molecule has 0 heterocycles. The van der Waals surface area contributed by atoms with E-state index in [1.54, 1.807) is 0 Å². The number of hydrogen-bond donors (Lipinski definition) is 2. The zero-order valence-electron chi connectivity index (χ0n) is 13.0. The molecule has 1 rings (SSSR count). The summed E-state index contributed by atoms with van der Waals surface area (Å²) in [4.78, 5) is 23.5. The normalized spacial score (nSPS) is 12.6. The molecule has 5 heteroatoms. The van der Waals surface area contributed by atoms with E-state index in [0.29, 0.717) is 6.54 Å². The summed E-state index contributed by atoms with van der Waals surface area (Å²) >= 11 is 3.38. The summed E-state index contributed by atoms with van der Waals surface area (Å²) in [7, 11) is 0. The number of anilines is 1. The van der Waals surface area contributed by atoms with Gasteiger partial charge in [0.1, 0.15) is 0 Å². The van der Waals surface area contributed by atoms with Gasteiger partial charge in [0.15, 0.2) is 0 Å². The minimum Gasteiger partial charge on any atom is -0.355 e. The predicted molar refractivity (Wildman–Crippen MR) is 89.6 cm³/mol. The van der Waals surface area contributed by atoms with Gasteiger partial charge >= 0.3 is 0 Å². The fraction of sp³-hybridized carbons (Fsp3) is 0.500. The van der Waals surface area contributed by atoms with Crippen molar-refractivity contribution in [2.24, 2.45) is 5.41 Å². The minimum atomic E-state index is -0.274. The fourth-order valence-electron chi connectivity index (χ4n) is 1.71. The lowest BCUT2D eigenvalue weighted by Gasteiger charge is -2.24. The van der Waals surface area contributed by atoms with Gasteiger partial charge in [-0.1, -0.05) is 54.9 Å². The zero-order valence-corrected chi connectivity index (χ0v) is 14.6. The van der Waals surface area contributed by atoms with Gasteiger partial charge in [-0.2, -0.15) is 0 Å². The first-order chi connectivity index (χ1) is 9.71. The third-order valence-corrected chi connectivity index (χ3v) is 4.85. The third kappa shape index (κ3) is 5.87. The number of hydrogen-bond acceptors (Lipinski definition) is 2. The van der Waals surface area contributed by atoms with Crippen molar-refractivity contribution in [2.75, 3.05) is 11.9 Å². The average molecular weight is 355 g/mol. The van der Waals surface area contributed by atoms with Crippen molar-refractivity contribution in [3.8, 4) is 0 Å². The Bertz CT molecular complexity index is 509. The van der Waals surface area contributed by atoms with Crippen LogP contribution in [0.1, 0.15) is 32.8 Å². The zero-order chi connectivity index (χ0) is 16.0. The molecule has 4 nitrogen and oxygen atoms in total. The maximum atomic E-state index is 11.9. The molecule has 21 heavy (non-hydrogen) atoms. The molecule has 0 saturated carbocycles. The van der Waals surface area contributed by atoms with Crippen LogP contribution in [0.25, 0.3) is 0 Å². The van der Waals surface area contributed by atoms with Crippen LogP contribution in [0.15, 0.2) is 24.3 Å². The van der Waals surface area contributed by atoms with Crippen molar-refractivity contribution in [3.63, 3.8) is 0 Å². The molecular formula is C16H23BrN2O2. The van der Waals surface area contributed by atoms with E-state index >= 15 is 0 Å². The Balaban J connectivity index is 2.38. The first kappa shape index (κ1) is 17.7. The minimum absolute atomic E-state index is 0.0915. The van der Waals surface area contributed by atoms with Gasteiger partial charge in [-0.25, -0.2) is 0 Å². The molecule has 0 aliphatic heterocycles. The molecule has 0 aromatic heterocycles. The van der Waals surface area contributed by atoms with Crippen LogP contribution in [0.5, 0.6) is 0 Å². The Morgan fingerprint density at radius 3 is 2.43 bits per heavy atom. The Labute approximate surface area is 134 Å². The highest BCUT2D eigenvalue weighted by molar-refractivity contribution is 9.10. The third-order valence-electron chi connectivity index (χ3n) is 3.06. The van der Waals surface area contributed by atoms with Gasteiger partial charge in [-0.3, -0.25) is 9.59 Å². The average Bonchev–Trinajstić information content (AvgIpc) is 2.39. The summed E-state index contributed by atoms with van der Waals surface area (Å²) in [5, 5.41) is 5.62. The van der Waals surface area contributed by atoms with Gasteiger partial charge in [-0.05, 0) is 24.0 Å². The standard InChI is InChI=1S/C16H23BrN2O2/c1-11-7-5-6-8-12(11)19-13(20)9-10-18-15(21)14(17)16(2,3)4/h5-8,14H,9-10H2,1-4H3,(H,18,21)(H,19,20). The van der Waals surface area contributed by atoms with E-state index < -0.39 is 0 Å². The Hall–Kier alpha value is -1.36. The summed E-state index contributed by atoms with van der Waals surface area (Å²) in [5.74, 6) is -0.197. The second-order valence-corrected chi connectivity index (χ2v) is 7.05. The maximum Gasteiger partial charge on any atom is 0.234 e. The highest BCUT2D eigenvalue weighted by atomic mass is 79.9. The van der Waals surface area contributed by atoms with Crippen molar-refractivity contribution in [1.82, 2.24) is 5.32 Å². The second-order valence-electron chi connectivity index (χ2n) is 6.13. The Morgan fingerprint density at radius 2 is 1.86 bits per heavy atom. The Morgan fingerprint density at radius 1 is 1.24 bits per heavy atom. The Kier molecular flexibility index (Phi) is 6.40. The van der Waals surface area contributed by atoms with Crippen LogP contribution in [-0.2, 0) is 9.59 Å². The van der Waals surface area contributed by atoms with Gasteiger partial charge < -0.3 is 10.6 Å². The van der Waals surface area contributed by atoms with Crippen molar-refractivity contribution >= 4 is 33.4 Å². The number of rotatable bonds is 5. The van der Waals surface area contributed by atoms with Crippen molar-refractivity contribution in [3.05, 3.63) is 29.8 Å². The lowest BCUT2D eigenvalue weighted by atomic mass is 9.92. The molecule has 116 valence electrons. The summed E-state index contributed by atoms with van der Waals surface area (Å²) in [6.07, 6.45) is 0.254. The molecule has 0 spiro atoms. The number of para-hydroxylation sites is 1. The van der Waals surface area contributed by atoms with E-state index in [-0.39, 0.29) is 28.5 Å². The van der Waals surface area contributed by atoms with Crippen LogP contribution < -0.4 is 10.6 Å². The van der Waals surface area contributed by atoms with Crippen LogP contribution in [0.3, 0.4) is 0 Å². The number of aryl methyl sites for hydroxylation is 1. The summed E-state index contributed by atoms with van der Waals surface area (Å²) < 4.78 is 0. The number of nitrogens with one attached hydrogen (secondary N) is 2. The molecule has 0 aliphatic rings. The van der Waals surface area contributed by atoms with Gasteiger partial charge in [0.25, 0.3) is 0 Å². The molecule has 0 radical (unpaired) electrons. The molecule has 0 aliphatic carbocycles. The first-order valence-corrected chi connectivity index (χ1v) is 7.90. The molecule has 2 N–H and O–H groups in total. The van der Waals surface area contributed by atoms with Crippen molar-refractivity contribution < 1.29 is 9.59 Å². The molecule has 1 atom stereocenters. The lowest BCUT2D eigenvalue weighted by Crippen LogP contribution is -2.39. The molecular weight excluding hydrogens is 332 g/mol. The topological polar surface area (TPSA) is 58.2 Å². The van der Waals surface area contributed by atoms with E-state index in [1.807, 2.05) is 52.0 Å². The van der Waals surface area contributed by atoms with E-state index in [2.05, 4.69) is 26.6 Å². The van der Waals surface area contributed by atoms with Gasteiger partial charge in [0, 0.05) is 18.7 Å². The summed E-state index contributed by atoms with van der Waals surface area (Å²) in [5.41, 5.74) is 1.66. The molecule has 1 aromatic carbocycles. The van der Waals surface area contributed by atoms with Crippen LogP contribution in [0, 0.1) is 12.3 Å². The quantitative estimate of drug-likeness (QED) is 0.797. The number of halogens is 1. The van der Waals surface area contributed by atoms with Gasteiger partial charge in [0.2, 0.25) is 11.8 Å². The van der Waals surface area contributed by atoms with Gasteiger partial charge in [0.05, 0.1) is 4.83 Å². The number of amides is 2. The van der Waals surface area contributed by atoms with Crippen LogP contribution >= 0.6 is 15.9 Å². The second kappa shape index (κ2) is 7.59. The highest BCUT2D eigenvalue weighted by Gasteiger charge is 2.28. The molecule has 0 saturated heterocycles. The van der Waals surface area contributed by atoms with Crippen LogP contribution in [-0.4, -0.2) is 23.2 Å². The monoisotopic (exact) mass is 354 g/mol. The molecule has 2 amide bonds. The summed E-state index contributed by atoms with van der Waals surface area (Å²) in [6, 6.07) is 7.60. The largest absolute Gasteiger partial charge is 0.355 e. The highest BCUT2D eigenvalue weighted by Crippen LogP contribution is 2.25. The van der Waals surface area contributed by atoms with Crippen molar-refractivity contribution in [2.45, 2.75) is 38.9 Å². The van der Waals surface area contributed by atoms with Crippen molar-refractivity contribution in [1.29, 1.82) is 0 Å². The van der Waals surface area contributed by atoms with E-state index in [9.17, 15) is 9.59 Å². The molecule has 1 aromatic rings. The fourth-order valence-corrected chi connectivity index (χ4v) is 1.87. The molecule has 0 fully saturated rings. The van der Waals surface area contributed by atoms with Gasteiger partial charge in [-0.15, -0.1) is 0 Å². The first-order valence-electron chi connectivity index (χ1n) is 6.99. The number of carbonyl (C=O) groups is 2. The van der Waals surface area contributed by atoms with Crippen LogP contribution in [0.4, 0.5) is 5.69 Å².